The smallest absolute Gasteiger partial charge is 0.127 e. The highest BCUT2D eigenvalue weighted by molar-refractivity contribution is 5.32. The van der Waals surface area contributed by atoms with E-state index < -0.39 is 0 Å². The molecule has 0 aliphatic heterocycles. The van der Waals surface area contributed by atoms with Gasteiger partial charge in [-0.15, -0.1) is 0 Å². The summed E-state index contributed by atoms with van der Waals surface area (Å²) < 4.78 is 11.7. The van der Waals surface area contributed by atoms with E-state index in [0.717, 1.165) is 23.7 Å². The van der Waals surface area contributed by atoms with Crippen LogP contribution in [0.5, 0.6) is 11.5 Å². The minimum absolute atomic E-state index is 0.206. The van der Waals surface area contributed by atoms with Crippen LogP contribution in [0.25, 0.3) is 0 Å². The van der Waals surface area contributed by atoms with E-state index in [0.29, 0.717) is 5.92 Å². The van der Waals surface area contributed by atoms with Crippen molar-refractivity contribution in [2.24, 2.45) is 5.92 Å². The van der Waals surface area contributed by atoms with E-state index in [9.17, 15) is 0 Å². The Bertz CT molecular complexity index is 445. The highest BCUT2D eigenvalue weighted by Gasteiger charge is 2.14. The van der Waals surface area contributed by atoms with Crippen molar-refractivity contribution in [1.29, 1.82) is 0 Å². The first-order valence-electron chi connectivity index (χ1n) is 8.32. The van der Waals surface area contributed by atoms with Gasteiger partial charge in [-0.3, -0.25) is 0 Å². The lowest BCUT2D eigenvalue weighted by Crippen LogP contribution is -2.08. The SMILES string of the molecule is CCCCC1C=C(Oc2ccc(OC(C)C)cc2)CCC1. The second kappa shape index (κ2) is 8.11. The number of unbranched alkanes of at least 4 members (excludes halogenated alkanes) is 1. The molecule has 2 nitrogen and oxygen atoms in total. The number of allylic oxidation sites excluding steroid dienone is 2. The number of hydrogen-bond donors (Lipinski definition) is 0. The summed E-state index contributed by atoms with van der Waals surface area (Å²) in [6.07, 6.45) is 10.1. The van der Waals surface area contributed by atoms with Crippen LogP contribution >= 0.6 is 0 Å². The van der Waals surface area contributed by atoms with Gasteiger partial charge in [0.25, 0.3) is 0 Å². The fourth-order valence-corrected chi connectivity index (χ4v) is 2.76. The molecule has 1 aromatic rings. The molecule has 21 heavy (non-hydrogen) atoms. The third kappa shape index (κ3) is 5.45. The lowest BCUT2D eigenvalue weighted by molar-refractivity contribution is 0.242. The summed E-state index contributed by atoms with van der Waals surface area (Å²) in [7, 11) is 0. The van der Waals surface area contributed by atoms with Crippen molar-refractivity contribution in [1.82, 2.24) is 0 Å². The number of hydrogen-bond acceptors (Lipinski definition) is 2. The van der Waals surface area contributed by atoms with Crippen LogP contribution in [0.2, 0.25) is 0 Å². The molecule has 1 atom stereocenters. The molecule has 0 fully saturated rings. The maximum absolute atomic E-state index is 6.03. The van der Waals surface area contributed by atoms with Crippen LogP contribution in [0.15, 0.2) is 36.1 Å². The molecule has 0 spiro atoms. The molecule has 0 aromatic heterocycles. The first-order valence-corrected chi connectivity index (χ1v) is 8.32. The van der Waals surface area contributed by atoms with Crippen LogP contribution in [0, 0.1) is 5.92 Å². The van der Waals surface area contributed by atoms with Crippen molar-refractivity contribution in [2.45, 2.75) is 65.4 Å². The second-order valence-electron chi connectivity index (χ2n) is 6.17. The lowest BCUT2D eigenvalue weighted by Gasteiger charge is -2.21. The molecular formula is C19H28O2. The van der Waals surface area contributed by atoms with E-state index in [1.165, 1.54) is 32.1 Å². The summed E-state index contributed by atoms with van der Waals surface area (Å²) in [5.41, 5.74) is 0. The largest absolute Gasteiger partial charge is 0.491 e. The highest BCUT2D eigenvalue weighted by atomic mass is 16.5. The average Bonchev–Trinajstić information content (AvgIpc) is 2.47. The van der Waals surface area contributed by atoms with E-state index >= 15 is 0 Å². The Labute approximate surface area is 129 Å². The van der Waals surface area contributed by atoms with E-state index in [-0.39, 0.29) is 6.10 Å². The molecular weight excluding hydrogens is 260 g/mol. The number of rotatable bonds is 7. The first kappa shape index (κ1) is 15.9. The molecule has 0 saturated heterocycles. The summed E-state index contributed by atoms with van der Waals surface area (Å²) in [5.74, 6) is 3.65. The van der Waals surface area contributed by atoms with Gasteiger partial charge >= 0.3 is 0 Å². The highest BCUT2D eigenvalue weighted by Crippen LogP contribution is 2.29. The standard InChI is InChI=1S/C19H28O2/c1-4-5-7-16-8-6-9-19(14-16)21-18-12-10-17(11-13-18)20-15(2)3/h10-16H,4-9H2,1-3H3. The van der Waals surface area contributed by atoms with Gasteiger partial charge in [0.2, 0.25) is 0 Å². The Morgan fingerprint density at radius 1 is 1.14 bits per heavy atom. The Balaban J connectivity index is 1.92. The summed E-state index contributed by atoms with van der Waals surface area (Å²) in [4.78, 5) is 0. The molecule has 1 aromatic carbocycles. The molecule has 116 valence electrons. The zero-order chi connectivity index (χ0) is 15.1. The summed E-state index contributed by atoms with van der Waals surface area (Å²) in [6, 6.07) is 7.95. The van der Waals surface area contributed by atoms with Crippen molar-refractivity contribution in [2.75, 3.05) is 0 Å². The van der Waals surface area contributed by atoms with Crippen LogP contribution in [-0.2, 0) is 0 Å². The molecule has 2 heteroatoms. The summed E-state index contributed by atoms with van der Waals surface area (Å²) >= 11 is 0. The second-order valence-corrected chi connectivity index (χ2v) is 6.17. The zero-order valence-corrected chi connectivity index (χ0v) is 13.6. The van der Waals surface area contributed by atoms with Gasteiger partial charge in [0.1, 0.15) is 17.3 Å². The molecule has 0 N–H and O–H groups in total. The van der Waals surface area contributed by atoms with Gasteiger partial charge in [-0.1, -0.05) is 19.8 Å². The summed E-state index contributed by atoms with van der Waals surface area (Å²) in [5, 5.41) is 0. The normalized spacial score (nSPS) is 18.5. The minimum Gasteiger partial charge on any atom is -0.491 e. The van der Waals surface area contributed by atoms with E-state index in [2.05, 4.69) is 13.0 Å². The quantitative estimate of drug-likeness (QED) is 0.638. The zero-order valence-electron chi connectivity index (χ0n) is 13.6. The lowest BCUT2D eigenvalue weighted by atomic mass is 9.90. The Hall–Kier alpha value is -1.44. The molecule has 0 saturated carbocycles. The molecule has 0 radical (unpaired) electrons. The van der Waals surface area contributed by atoms with Crippen molar-refractivity contribution in [3.63, 3.8) is 0 Å². The van der Waals surface area contributed by atoms with Gasteiger partial charge in [0.15, 0.2) is 0 Å². The first-order chi connectivity index (χ1) is 10.2. The molecule has 0 heterocycles. The molecule has 2 rings (SSSR count). The topological polar surface area (TPSA) is 18.5 Å². The van der Waals surface area contributed by atoms with E-state index in [1.807, 2.05) is 38.1 Å². The monoisotopic (exact) mass is 288 g/mol. The van der Waals surface area contributed by atoms with Crippen molar-refractivity contribution < 1.29 is 9.47 Å². The van der Waals surface area contributed by atoms with Crippen LogP contribution in [0.4, 0.5) is 0 Å². The van der Waals surface area contributed by atoms with Crippen molar-refractivity contribution in [3.05, 3.63) is 36.1 Å². The van der Waals surface area contributed by atoms with E-state index in [4.69, 9.17) is 9.47 Å². The van der Waals surface area contributed by atoms with Gasteiger partial charge in [0, 0.05) is 6.42 Å². The van der Waals surface area contributed by atoms with Crippen LogP contribution in [0.3, 0.4) is 0 Å². The van der Waals surface area contributed by atoms with Gasteiger partial charge in [-0.25, -0.2) is 0 Å². The number of benzene rings is 1. The van der Waals surface area contributed by atoms with Gasteiger partial charge < -0.3 is 9.47 Å². The van der Waals surface area contributed by atoms with Crippen LogP contribution < -0.4 is 9.47 Å². The fourth-order valence-electron chi connectivity index (χ4n) is 2.76. The van der Waals surface area contributed by atoms with E-state index in [1.54, 1.807) is 0 Å². The molecule has 1 aliphatic rings. The maximum Gasteiger partial charge on any atom is 0.127 e. The minimum atomic E-state index is 0.206. The predicted octanol–water partition coefficient (Wildman–Crippen LogP) is 5.73. The third-order valence-corrected chi connectivity index (χ3v) is 3.79. The predicted molar refractivity (Wildman–Crippen MR) is 87.8 cm³/mol. The van der Waals surface area contributed by atoms with Gasteiger partial charge in [0.05, 0.1) is 6.10 Å². The van der Waals surface area contributed by atoms with Gasteiger partial charge in [-0.05, 0) is 69.4 Å². The Morgan fingerprint density at radius 2 is 1.86 bits per heavy atom. The fraction of sp³-hybridized carbons (Fsp3) is 0.579. The van der Waals surface area contributed by atoms with Crippen molar-refractivity contribution in [3.8, 4) is 11.5 Å². The van der Waals surface area contributed by atoms with Crippen LogP contribution in [-0.4, -0.2) is 6.10 Å². The van der Waals surface area contributed by atoms with Gasteiger partial charge in [-0.2, -0.15) is 0 Å². The molecule has 0 bridgehead atoms. The Morgan fingerprint density at radius 3 is 2.52 bits per heavy atom. The Kier molecular flexibility index (Phi) is 6.16. The molecule has 0 amide bonds. The average molecular weight is 288 g/mol. The molecule has 1 aliphatic carbocycles. The van der Waals surface area contributed by atoms with Crippen LogP contribution in [0.1, 0.15) is 59.3 Å². The van der Waals surface area contributed by atoms with Crippen molar-refractivity contribution >= 4 is 0 Å². The maximum atomic E-state index is 6.03. The number of ether oxygens (including phenoxy) is 2. The third-order valence-electron chi connectivity index (χ3n) is 3.79. The summed E-state index contributed by atoms with van der Waals surface area (Å²) in [6.45, 7) is 6.33. The molecule has 1 unspecified atom stereocenters.